The minimum absolute atomic E-state index is 0.191. The molecule has 0 spiro atoms. The molecule has 1 N–H and O–H groups in total. The summed E-state index contributed by atoms with van der Waals surface area (Å²) in [7, 11) is 0. The zero-order valence-electron chi connectivity index (χ0n) is 12.6. The Kier molecular flexibility index (Phi) is 6.78. The van der Waals surface area contributed by atoms with E-state index in [4.69, 9.17) is 5.11 Å². The molecule has 0 unspecified atom stereocenters. The summed E-state index contributed by atoms with van der Waals surface area (Å²) in [5.74, 6) is -0.746. The summed E-state index contributed by atoms with van der Waals surface area (Å²) in [6.45, 7) is 6.39. The molecule has 0 aromatic heterocycles. The first-order valence-corrected chi connectivity index (χ1v) is 7.08. The van der Waals surface area contributed by atoms with Crippen LogP contribution in [0.5, 0.6) is 0 Å². The number of carboxylic acid groups (broad SMARTS) is 1. The van der Waals surface area contributed by atoms with Crippen molar-refractivity contribution in [3.63, 3.8) is 0 Å². The average Bonchev–Trinajstić information content (AvgIpc) is 2.37. The minimum Gasteiger partial charge on any atom is -0.481 e. The summed E-state index contributed by atoms with van der Waals surface area (Å²) >= 11 is 0. The highest BCUT2D eigenvalue weighted by molar-refractivity contribution is 5.67. The van der Waals surface area contributed by atoms with Crippen LogP contribution in [0.25, 0.3) is 6.08 Å². The molecule has 2 nitrogen and oxygen atoms in total. The van der Waals surface area contributed by atoms with Crippen LogP contribution in [-0.2, 0) is 11.2 Å². The van der Waals surface area contributed by atoms with Crippen molar-refractivity contribution < 1.29 is 9.90 Å². The molecule has 20 heavy (non-hydrogen) atoms. The van der Waals surface area contributed by atoms with Gasteiger partial charge in [0.15, 0.2) is 0 Å². The van der Waals surface area contributed by atoms with Gasteiger partial charge in [0.2, 0.25) is 0 Å². The van der Waals surface area contributed by atoms with Crippen molar-refractivity contribution in [2.45, 2.75) is 46.5 Å². The predicted octanol–water partition coefficient (Wildman–Crippen LogP) is 4.85. The number of aryl methyl sites for hydroxylation is 1. The smallest absolute Gasteiger partial charge is 0.303 e. The molecule has 0 bridgehead atoms. The van der Waals surface area contributed by atoms with Gasteiger partial charge in [0.05, 0.1) is 0 Å². The molecule has 0 radical (unpaired) electrons. The number of benzene rings is 1. The lowest BCUT2D eigenvalue weighted by Gasteiger charge is -2.02. The molecule has 1 aromatic rings. The lowest BCUT2D eigenvalue weighted by atomic mass is 10.0. The van der Waals surface area contributed by atoms with Crippen LogP contribution in [0.3, 0.4) is 0 Å². The van der Waals surface area contributed by atoms with Gasteiger partial charge in [-0.1, -0.05) is 47.6 Å². The van der Waals surface area contributed by atoms with E-state index in [0.29, 0.717) is 6.42 Å². The van der Waals surface area contributed by atoms with Gasteiger partial charge in [0, 0.05) is 6.42 Å². The van der Waals surface area contributed by atoms with E-state index in [9.17, 15) is 4.79 Å². The van der Waals surface area contributed by atoms with Crippen LogP contribution in [0.1, 0.15) is 51.2 Å². The molecule has 0 saturated heterocycles. The maximum atomic E-state index is 10.5. The first-order valence-electron chi connectivity index (χ1n) is 7.08. The largest absolute Gasteiger partial charge is 0.481 e. The summed E-state index contributed by atoms with van der Waals surface area (Å²) in [5.41, 5.74) is 4.98. The van der Waals surface area contributed by atoms with Crippen molar-refractivity contribution in [2.75, 3.05) is 0 Å². The van der Waals surface area contributed by atoms with Gasteiger partial charge < -0.3 is 5.11 Å². The summed E-state index contributed by atoms with van der Waals surface area (Å²) < 4.78 is 0. The first kappa shape index (κ1) is 16.2. The molecule has 0 amide bonds. The van der Waals surface area contributed by atoms with Crippen molar-refractivity contribution in [1.82, 2.24) is 0 Å². The Labute approximate surface area is 121 Å². The second kappa shape index (κ2) is 8.36. The molecule has 108 valence electrons. The van der Waals surface area contributed by atoms with E-state index in [1.165, 1.54) is 16.7 Å². The van der Waals surface area contributed by atoms with Gasteiger partial charge >= 0.3 is 5.97 Å². The standard InChI is InChI=1S/C18H24O2/c1-14(2)5-4-6-15(3)13-17-9-7-16(8-10-17)11-12-18(19)20/h5,7-10,13H,4,6,11-12H2,1-3H3,(H,19,20). The third kappa shape index (κ3) is 6.93. The van der Waals surface area contributed by atoms with Gasteiger partial charge in [-0.15, -0.1) is 0 Å². The van der Waals surface area contributed by atoms with E-state index < -0.39 is 5.97 Å². The maximum absolute atomic E-state index is 10.5. The van der Waals surface area contributed by atoms with E-state index in [1.807, 2.05) is 12.1 Å². The fourth-order valence-corrected chi connectivity index (χ4v) is 1.98. The van der Waals surface area contributed by atoms with Crippen LogP contribution in [0, 0.1) is 0 Å². The number of aliphatic carboxylic acids is 1. The molecule has 1 aromatic carbocycles. The molecule has 1 rings (SSSR count). The van der Waals surface area contributed by atoms with Crippen LogP contribution >= 0.6 is 0 Å². The Morgan fingerprint density at radius 2 is 1.75 bits per heavy atom. The van der Waals surface area contributed by atoms with Gasteiger partial charge in [-0.05, 0) is 51.2 Å². The first-order chi connectivity index (χ1) is 9.47. The van der Waals surface area contributed by atoms with E-state index in [1.54, 1.807) is 0 Å². The molecule has 0 atom stereocenters. The number of hydrogen-bond donors (Lipinski definition) is 1. The molecule has 0 saturated carbocycles. The van der Waals surface area contributed by atoms with Crippen molar-refractivity contribution >= 4 is 12.0 Å². The summed E-state index contributed by atoms with van der Waals surface area (Å²) in [6.07, 6.45) is 7.40. The monoisotopic (exact) mass is 272 g/mol. The Morgan fingerprint density at radius 3 is 2.30 bits per heavy atom. The van der Waals surface area contributed by atoms with Gasteiger partial charge in [-0.2, -0.15) is 0 Å². The Balaban J connectivity index is 2.55. The maximum Gasteiger partial charge on any atom is 0.303 e. The van der Waals surface area contributed by atoms with Crippen LogP contribution in [-0.4, -0.2) is 11.1 Å². The molecular formula is C18H24O2. The lowest BCUT2D eigenvalue weighted by molar-refractivity contribution is -0.136. The zero-order chi connectivity index (χ0) is 15.0. The molecule has 0 aliphatic heterocycles. The normalized spacial score (nSPS) is 11.2. The van der Waals surface area contributed by atoms with Gasteiger partial charge in [0.25, 0.3) is 0 Å². The van der Waals surface area contributed by atoms with Crippen molar-refractivity contribution in [2.24, 2.45) is 0 Å². The minimum atomic E-state index is -0.746. The quantitative estimate of drug-likeness (QED) is 0.720. The number of carboxylic acids is 1. The molecular weight excluding hydrogens is 248 g/mol. The molecule has 0 fully saturated rings. The van der Waals surface area contributed by atoms with Crippen molar-refractivity contribution in [1.29, 1.82) is 0 Å². The molecule has 2 heteroatoms. The van der Waals surface area contributed by atoms with Crippen LogP contribution in [0.4, 0.5) is 0 Å². The van der Waals surface area contributed by atoms with Crippen LogP contribution < -0.4 is 0 Å². The molecule has 0 aliphatic rings. The highest BCUT2D eigenvalue weighted by atomic mass is 16.4. The second-order valence-corrected chi connectivity index (χ2v) is 5.45. The third-order valence-electron chi connectivity index (χ3n) is 3.11. The Bertz CT molecular complexity index is 489. The van der Waals surface area contributed by atoms with Gasteiger partial charge in [-0.3, -0.25) is 4.79 Å². The number of carbonyl (C=O) groups is 1. The van der Waals surface area contributed by atoms with Crippen LogP contribution in [0.2, 0.25) is 0 Å². The van der Waals surface area contributed by atoms with E-state index in [-0.39, 0.29) is 6.42 Å². The van der Waals surface area contributed by atoms with E-state index >= 15 is 0 Å². The predicted molar refractivity (Wildman–Crippen MR) is 84.7 cm³/mol. The summed E-state index contributed by atoms with van der Waals surface area (Å²) in [5, 5.41) is 8.66. The van der Waals surface area contributed by atoms with Crippen LogP contribution in [0.15, 0.2) is 41.5 Å². The number of allylic oxidation sites excluding steroid dienone is 3. The third-order valence-corrected chi connectivity index (χ3v) is 3.11. The SMILES string of the molecule is CC(C)=CCCC(C)=Cc1ccc(CCC(=O)O)cc1. The lowest BCUT2D eigenvalue weighted by Crippen LogP contribution is -1.97. The number of hydrogen-bond acceptors (Lipinski definition) is 1. The fourth-order valence-electron chi connectivity index (χ4n) is 1.98. The highest BCUT2D eigenvalue weighted by Crippen LogP contribution is 2.14. The molecule has 0 aliphatic carbocycles. The average molecular weight is 272 g/mol. The van der Waals surface area contributed by atoms with Gasteiger partial charge in [0.1, 0.15) is 0 Å². The van der Waals surface area contributed by atoms with E-state index in [0.717, 1.165) is 18.4 Å². The zero-order valence-corrected chi connectivity index (χ0v) is 12.6. The van der Waals surface area contributed by atoms with E-state index in [2.05, 4.69) is 45.1 Å². The van der Waals surface area contributed by atoms with Crippen molar-refractivity contribution in [3.8, 4) is 0 Å². The number of rotatable bonds is 7. The Hall–Kier alpha value is -1.83. The van der Waals surface area contributed by atoms with Crippen molar-refractivity contribution in [3.05, 3.63) is 52.6 Å². The highest BCUT2D eigenvalue weighted by Gasteiger charge is 1.99. The summed E-state index contributed by atoms with van der Waals surface area (Å²) in [6, 6.07) is 8.14. The van der Waals surface area contributed by atoms with Gasteiger partial charge in [-0.25, -0.2) is 0 Å². The fraction of sp³-hybridized carbons (Fsp3) is 0.389. The topological polar surface area (TPSA) is 37.3 Å². The molecule has 0 heterocycles. The summed E-state index contributed by atoms with van der Waals surface area (Å²) in [4.78, 5) is 10.5. The second-order valence-electron chi connectivity index (χ2n) is 5.45. The Morgan fingerprint density at radius 1 is 1.10 bits per heavy atom.